The molecule has 1 aliphatic rings. The van der Waals surface area contributed by atoms with E-state index in [0.29, 0.717) is 24.2 Å². The van der Waals surface area contributed by atoms with E-state index < -0.39 is 0 Å². The lowest BCUT2D eigenvalue weighted by Crippen LogP contribution is -2.46. The number of nitrogens with one attached hydrogen (secondary N) is 2. The number of pyridine rings is 1. The summed E-state index contributed by atoms with van der Waals surface area (Å²) in [5.74, 6) is 0.706. The number of aryl methyl sites for hydroxylation is 1. The lowest BCUT2D eigenvalue weighted by atomic mass is 10.0. The molecule has 4 rings (SSSR count). The van der Waals surface area contributed by atoms with Crippen molar-refractivity contribution >= 4 is 45.7 Å². The predicted octanol–water partition coefficient (Wildman–Crippen LogP) is 3.99. The zero-order chi connectivity index (χ0) is 21.8. The normalized spacial score (nSPS) is 13.8. The molecule has 1 aromatic carbocycles. The number of anilines is 2. The van der Waals surface area contributed by atoms with Crippen molar-refractivity contribution in [3.05, 3.63) is 59.4 Å². The zero-order valence-corrected chi connectivity index (χ0v) is 19.0. The minimum atomic E-state index is -0.0249. The number of amides is 1. The van der Waals surface area contributed by atoms with Crippen LogP contribution < -0.4 is 10.6 Å². The molecule has 3 heterocycles. The van der Waals surface area contributed by atoms with E-state index in [-0.39, 0.29) is 11.7 Å². The molecule has 0 spiro atoms. The predicted molar refractivity (Wildman–Crippen MR) is 124 cm³/mol. The maximum absolute atomic E-state index is 13.1. The third-order valence-corrected chi connectivity index (χ3v) is 7.01. The Morgan fingerprint density at radius 1 is 1.16 bits per heavy atom. The van der Waals surface area contributed by atoms with Crippen molar-refractivity contribution in [2.45, 2.75) is 23.0 Å². The molecule has 7 nitrogen and oxygen atoms in total. The summed E-state index contributed by atoms with van der Waals surface area (Å²) in [6.45, 7) is 6.41. The smallest absolute Gasteiger partial charge is 0.254 e. The van der Waals surface area contributed by atoms with E-state index in [1.807, 2.05) is 42.2 Å². The Balaban J connectivity index is 1.59. The van der Waals surface area contributed by atoms with E-state index in [2.05, 4.69) is 20.6 Å². The van der Waals surface area contributed by atoms with Gasteiger partial charge in [-0.2, -0.15) is 0 Å². The number of hydrogen-bond acceptors (Lipinski definition) is 8. The van der Waals surface area contributed by atoms with Crippen LogP contribution >= 0.6 is 23.1 Å². The van der Waals surface area contributed by atoms with E-state index in [1.54, 1.807) is 19.3 Å². The first-order chi connectivity index (χ1) is 15.0. The van der Waals surface area contributed by atoms with Crippen LogP contribution in [0.1, 0.15) is 33.2 Å². The Bertz CT molecular complexity index is 1090. The van der Waals surface area contributed by atoms with Crippen LogP contribution in [-0.4, -0.2) is 52.7 Å². The Hall–Kier alpha value is -2.75. The van der Waals surface area contributed by atoms with Crippen LogP contribution in [-0.2, 0) is 0 Å². The molecule has 160 valence electrons. The van der Waals surface area contributed by atoms with Gasteiger partial charge < -0.3 is 15.5 Å². The molecule has 0 atom stereocenters. The SMILES string of the molecule is CC(=O)c1cc(C)c(C(=O)N2CCNCC2)cc1Sc1cnc(Nc2ccccn2)s1. The molecule has 9 heteroatoms. The molecule has 1 saturated heterocycles. The molecule has 0 saturated carbocycles. The van der Waals surface area contributed by atoms with Crippen molar-refractivity contribution in [3.63, 3.8) is 0 Å². The quantitative estimate of drug-likeness (QED) is 0.546. The lowest BCUT2D eigenvalue weighted by molar-refractivity contribution is 0.0734. The summed E-state index contributed by atoms with van der Waals surface area (Å²) in [5, 5.41) is 7.16. The van der Waals surface area contributed by atoms with Gasteiger partial charge in [0.25, 0.3) is 5.91 Å². The zero-order valence-electron chi connectivity index (χ0n) is 17.3. The highest BCUT2D eigenvalue weighted by molar-refractivity contribution is 8.01. The van der Waals surface area contributed by atoms with E-state index in [4.69, 9.17) is 0 Å². The average molecular weight is 454 g/mol. The van der Waals surface area contributed by atoms with Crippen LogP contribution in [0.2, 0.25) is 0 Å². The number of piperazine rings is 1. The van der Waals surface area contributed by atoms with E-state index in [9.17, 15) is 9.59 Å². The summed E-state index contributed by atoms with van der Waals surface area (Å²) >= 11 is 2.93. The Morgan fingerprint density at radius 2 is 1.97 bits per heavy atom. The molecule has 0 unspecified atom stereocenters. The molecule has 1 amide bonds. The highest BCUT2D eigenvalue weighted by atomic mass is 32.2. The molecule has 31 heavy (non-hydrogen) atoms. The average Bonchev–Trinajstić information content (AvgIpc) is 3.22. The van der Waals surface area contributed by atoms with Gasteiger partial charge in [-0.15, -0.1) is 0 Å². The molecule has 3 aromatic rings. The van der Waals surface area contributed by atoms with Gasteiger partial charge in [0.2, 0.25) is 0 Å². The van der Waals surface area contributed by atoms with Gasteiger partial charge in [0.05, 0.1) is 10.4 Å². The van der Waals surface area contributed by atoms with Crippen molar-refractivity contribution < 1.29 is 9.59 Å². The fraction of sp³-hybridized carbons (Fsp3) is 0.273. The van der Waals surface area contributed by atoms with Gasteiger partial charge in [0.1, 0.15) is 5.82 Å². The summed E-state index contributed by atoms with van der Waals surface area (Å²) in [5.41, 5.74) is 2.08. The van der Waals surface area contributed by atoms with Gasteiger partial charge in [-0.05, 0) is 43.7 Å². The lowest BCUT2D eigenvalue weighted by Gasteiger charge is -2.28. The number of rotatable bonds is 6. The van der Waals surface area contributed by atoms with Gasteiger partial charge >= 0.3 is 0 Å². The van der Waals surface area contributed by atoms with Gasteiger partial charge in [-0.25, -0.2) is 9.97 Å². The van der Waals surface area contributed by atoms with Crippen LogP contribution in [0.4, 0.5) is 10.9 Å². The summed E-state index contributed by atoms with van der Waals surface area (Å²) in [7, 11) is 0. The number of ketones is 1. The minimum Gasteiger partial charge on any atom is -0.336 e. The van der Waals surface area contributed by atoms with Crippen LogP contribution in [0.15, 0.2) is 51.8 Å². The standard InChI is InChI=1S/C22H23N5O2S2/c1-14-11-17(15(2)28)18(12-16(14)21(29)27-9-7-23-8-10-27)30-20-13-25-22(31-20)26-19-5-3-4-6-24-19/h3-6,11-13,23H,7-10H2,1-2H3,(H,24,25,26). The fourth-order valence-electron chi connectivity index (χ4n) is 3.34. The van der Waals surface area contributed by atoms with Gasteiger partial charge in [0.15, 0.2) is 10.9 Å². The van der Waals surface area contributed by atoms with Gasteiger partial charge in [-0.3, -0.25) is 9.59 Å². The van der Waals surface area contributed by atoms with Crippen molar-refractivity contribution in [1.82, 2.24) is 20.2 Å². The molecule has 0 aliphatic carbocycles. The van der Waals surface area contributed by atoms with Crippen molar-refractivity contribution in [1.29, 1.82) is 0 Å². The maximum atomic E-state index is 13.1. The van der Waals surface area contributed by atoms with E-state index in [0.717, 1.165) is 38.7 Å². The molecular formula is C22H23N5O2S2. The second kappa shape index (κ2) is 9.59. The van der Waals surface area contributed by atoms with E-state index >= 15 is 0 Å². The van der Waals surface area contributed by atoms with Crippen molar-refractivity contribution in [2.24, 2.45) is 0 Å². The number of nitrogens with zero attached hydrogens (tertiary/aromatic N) is 3. The second-order valence-electron chi connectivity index (χ2n) is 7.19. The molecule has 2 aromatic heterocycles. The molecule has 1 aliphatic heterocycles. The fourth-order valence-corrected chi connectivity index (χ4v) is 5.38. The van der Waals surface area contributed by atoms with Gasteiger partial charge in [-0.1, -0.05) is 29.2 Å². The number of hydrogen-bond donors (Lipinski definition) is 2. The van der Waals surface area contributed by atoms with Gasteiger partial charge in [0, 0.05) is 48.4 Å². The number of carbonyl (C=O) groups is 2. The maximum Gasteiger partial charge on any atom is 0.254 e. The number of aromatic nitrogens is 2. The molecule has 1 fully saturated rings. The molecular weight excluding hydrogens is 430 g/mol. The molecule has 0 radical (unpaired) electrons. The summed E-state index contributed by atoms with van der Waals surface area (Å²) in [4.78, 5) is 36.7. The Labute approximate surface area is 189 Å². The van der Waals surface area contributed by atoms with Crippen molar-refractivity contribution in [2.75, 3.05) is 31.5 Å². The summed E-state index contributed by atoms with van der Waals surface area (Å²) < 4.78 is 0.922. The van der Waals surface area contributed by atoms with Crippen LogP contribution in [0.5, 0.6) is 0 Å². The summed E-state index contributed by atoms with van der Waals surface area (Å²) in [6, 6.07) is 9.31. The topological polar surface area (TPSA) is 87.2 Å². The number of carbonyl (C=O) groups excluding carboxylic acids is 2. The van der Waals surface area contributed by atoms with Crippen LogP contribution in [0.25, 0.3) is 0 Å². The Morgan fingerprint density at radius 3 is 2.68 bits per heavy atom. The second-order valence-corrected chi connectivity index (χ2v) is 9.56. The molecule has 0 bridgehead atoms. The third-order valence-electron chi connectivity index (χ3n) is 4.94. The number of benzene rings is 1. The first-order valence-corrected chi connectivity index (χ1v) is 11.6. The number of thiazole rings is 1. The largest absolute Gasteiger partial charge is 0.336 e. The first kappa shape index (κ1) is 21.5. The first-order valence-electron chi connectivity index (χ1n) is 9.98. The summed E-state index contributed by atoms with van der Waals surface area (Å²) in [6.07, 6.45) is 3.48. The van der Waals surface area contributed by atoms with Crippen molar-refractivity contribution in [3.8, 4) is 0 Å². The monoisotopic (exact) mass is 453 g/mol. The third kappa shape index (κ3) is 5.12. The highest BCUT2D eigenvalue weighted by Crippen LogP contribution is 2.38. The molecule has 2 N–H and O–H groups in total. The highest BCUT2D eigenvalue weighted by Gasteiger charge is 2.22. The number of Topliss-reactive ketones (excluding diaryl/α,β-unsaturated/α-hetero) is 1. The Kier molecular flexibility index (Phi) is 6.64. The van der Waals surface area contributed by atoms with E-state index in [1.165, 1.54) is 23.1 Å². The van der Waals surface area contributed by atoms with Crippen LogP contribution in [0, 0.1) is 6.92 Å². The van der Waals surface area contributed by atoms with Crippen LogP contribution in [0.3, 0.4) is 0 Å². The minimum absolute atomic E-state index is 0.0118.